The number of esters is 1. The zero-order valence-corrected chi connectivity index (χ0v) is 24.4. The summed E-state index contributed by atoms with van der Waals surface area (Å²) in [5.41, 5.74) is 2.16. The quantitative estimate of drug-likeness (QED) is 0.147. The molecule has 0 aliphatic carbocycles. The lowest BCUT2D eigenvalue weighted by atomic mass is 10.1. The number of phenolic OH excluding ortho intramolecular Hbond substituents is 1. The Kier molecular flexibility index (Phi) is 12.5. The van der Waals surface area contributed by atoms with Gasteiger partial charge in [-0.05, 0) is 62.8 Å². The summed E-state index contributed by atoms with van der Waals surface area (Å²) in [6.45, 7) is 6.85. The van der Waals surface area contributed by atoms with Crippen LogP contribution in [-0.4, -0.2) is 71.8 Å². The van der Waals surface area contributed by atoms with Crippen molar-refractivity contribution in [3.05, 3.63) is 69.2 Å². The monoisotopic (exact) mass is 583 g/mol. The van der Waals surface area contributed by atoms with E-state index in [9.17, 15) is 19.5 Å². The third-order valence-electron chi connectivity index (χ3n) is 6.02. The molecule has 12 heteroatoms. The van der Waals surface area contributed by atoms with Gasteiger partial charge in [0.2, 0.25) is 5.95 Å². The molecule has 0 saturated carbocycles. The van der Waals surface area contributed by atoms with E-state index in [0.717, 1.165) is 18.4 Å². The molecule has 1 aromatic carbocycles. The van der Waals surface area contributed by atoms with E-state index in [1.165, 1.54) is 11.3 Å². The van der Waals surface area contributed by atoms with Gasteiger partial charge in [0, 0.05) is 32.7 Å². The van der Waals surface area contributed by atoms with Crippen LogP contribution in [0.25, 0.3) is 0 Å². The van der Waals surface area contributed by atoms with Crippen LogP contribution in [0, 0.1) is 13.8 Å². The molecule has 4 N–H and O–H groups in total. The summed E-state index contributed by atoms with van der Waals surface area (Å²) >= 11 is 1.27. The van der Waals surface area contributed by atoms with Gasteiger partial charge < -0.3 is 30.5 Å². The maximum Gasteiger partial charge on any atom is 0.330 e. The number of nitrogens with zero attached hydrogens (tertiary/aromatic N) is 2. The third-order valence-corrected chi connectivity index (χ3v) is 6.89. The Labute approximate surface area is 243 Å². The van der Waals surface area contributed by atoms with Crippen molar-refractivity contribution < 1.29 is 29.0 Å². The number of ether oxygens (including phenoxy) is 2. The van der Waals surface area contributed by atoms with Crippen molar-refractivity contribution in [1.82, 2.24) is 20.6 Å². The van der Waals surface area contributed by atoms with Crippen molar-refractivity contribution >= 4 is 35.1 Å². The summed E-state index contributed by atoms with van der Waals surface area (Å²) < 4.78 is 10.6. The molecule has 3 aromatic rings. The molecule has 2 amide bonds. The van der Waals surface area contributed by atoms with Crippen LogP contribution in [0.1, 0.15) is 56.7 Å². The van der Waals surface area contributed by atoms with E-state index in [0.29, 0.717) is 48.4 Å². The van der Waals surface area contributed by atoms with Crippen molar-refractivity contribution in [2.75, 3.05) is 38.2 Å². The number of nitrogens with one attached hydrogen (secondary N) is 3. The standard InChI is InChI=1S/C29H37N5O6S/c1-4-39-14-8-15-40-28(38)23(18-31-26(36)24-12-7-16-41-24)34-27(37)25-19(2)32-29(33-20(25)3)30-13-6-10-21-9-5-11-22(35)17-21/h5,7,9,11-12,16-17,23,35H,4,6,8,10,13-15,18H2,1-3H3,(H,31,36)(H,34,37)(H,30,32,33). The first-order valence-electron chi connectivity index (χ1n) is 13.5. The lowest BCUT2D eigenvalue weighted by Crippen LogP contribution is -2.49. The van der Waals surface area contributed by atoms with E-state index in [-0.39, 0.29) is 30.4 Å². The van der Waals surface area contributed by atoms with Crippen LogP contribution >= 0.6 is 11.3 Å². The first-order valence-corrected chi connectivity index (χ1v) is 14.4. The van der Waals surface area contributed by atoms with Crippen LogP contribution in [0.3, 0.4) is 0 Å². The number of hydrogen-bond acceptors (Lipinski definition) is 10. The van der Waals surface area contributed by atoms with Crippen LogP contribution in [0.4, 0.5) is 5.95 Å². The highest BCUT2D eigenvalue weighted by Gasteiger charge is 2.26. The van der Waals surface area contributed by atoms with Crippen molar-refractivity contribution in [1.29, 1.82) is 0 Å². The molecule has 0 radical (unpaired) electrons. The molecule has 2 aromatic heterocycles. The Balaban J connectivity index is 1.61. The summed E-state index contributed by atoms with van der Waals surface area (Å²) in [5, 5.41) is 19.9. The third kappa shape index (κ3) is 10.1. The maximum atomic E-state index is 13.3. The van der Waals surface area contributed by atoms with Crippen molar-refractivity contribution in [2.24, 2.45) is 0 Å². The van der Waals surface area contributed by atoms with Gasteiger partial charge >= 0.3 is 5.97 Å². The van der Waals surface area contributed by atoms with E-state index in [1.807, 2.05) is 19.1 Å². The number of anilines is 1. The number of carbonyl (C=O) groups is 3. The lowest BCUT2D eigenvalue weighted by Gasteiger charge is -2.19. The fourth-order valence-electron chi connectivity index (χ4n) is 4.02. The summed E-state index contributed by atoms with van der Waals surface area (Å²) in [5.74, 6) is -0.931. The Morgan fingerprint density at radius 3 is 2.49 bits per heavy atom. The number of carbonyl (C=O) groups excluding carboxylic acids is 3. The van der Waals surface area contributed by atoms with Gasteiger partial charge in [0.25, 0.3) is 11.8 Å². The van der Waals surface area contributed by atoms with Crippen LogP contribution in [0.5, 0.6) is 5.75 Å². The highest BCUT2D eigenvalue weighted by Crippen LogP contribution is 2.15. The molecule has 220 valence electrons. The number of aryl methyl sites for hydroxylation is 3. The average Bonchev–Trinajstić information content (AvgIpc) is 3.48. The SMILES string of the molecule is CCOCCCOC(=O)C(CNC(=O)c1cccs1)NC(=O)c1c(C)nc(NCCCc2cccc(O)c2)nc1C. The number of rotatable bonds is 16. The maximum absolute atomic E-state index is 13.3. The summed E-state index contributed by atoms with van der Waals surface area (Å²) in [6, 6.07) is 9.44. The first-order chi connectivity index (χ1) is 19.8. The molecule has 0 aliphatic heterocycles. The predicted molar refractivity (Wildman–Crippen MR) is 156 cm³/mol. The van der Waals surface area contributed by atoms with Gasteiger partial charge in [-0.25, -0.2) is 14.8 Å². The second-order valence-electron chi connectivity index (χ2n) is 9.22. The Bertz CT molecular complexity index is 1280. The van der Waals surface area contributed by atoms with Crippen molar-refractivity contribution in [2.45, 2.75) is 46.1 Å². The number of aromatic hydroxyl groups is 1. The molecule has 1 unspecified atom stereocenters. The minimum atomic E-state index is -1.12. The Morgan fingerprint density at radius 1 is 1.02 bits per heavy atom. The number of aromatic nitrogens is 2. The molecule has 0 saturated heterocycles. The zero-order chi connectivity index (χ0) is 29.6. The molecule has 0 aliphatic rings. The van der Waals surface area contributed by atoms with E-state index in [1.54, 1.807) is 43.5 Å². The number of thiophene rings is 1. The topological polar surface area (TPSA) is 152 Å². The Hall–Kier alpha value is -4.03. The summed E-state index contributed by atoms with van der Waals surface area (Å²) in [7, 11) is 0. The van der Waals surface area contributed by atoms with Crippen LogP contribution in [0.15, 0.2) is 41.8 Å². The van der Waals surface area contributed by atoms with E-state index in [2.05, 4.69) is 25.9 Å². The van der Waals surface area contributed by atoms with Crippen LogP contribution in [-0.2, 0) is 20.7 Å². The number of phenols is 1. The van der Waals surface area contributed by atoms with Crippen molar-refractivity contribution in [3.63, 3.8) is 0 Å². The van der Waals surface area contributed by atoms with Gasteiger partial charge in [-0.1, -0.05) is 18.2 Å². The van der Waals surface area contributed by atoms with Gasteiger partial charge in [-0.2, -0.15) is 0 Å². The average molecular weight is 584 g/mol. The summed E-state index contributed by atoms with van der Waals surface area (Å²) in [6.07, 6.45) is 2.07. The molecule has 3 rings (SSSR count). The molecule has 41 heavy (non-hydrogen) atoms. The smallest absolute Gasteiger partial charge is 0.330 e. The van der Waals surface area contributed by atoms with E-state index >= 15 is 0 Å². The normalized spacial score (nSPS) is 11.5. The molecule has 0 spiro atoms. The van der Waals surface area contributed by atoms with Gasteiger partial charge in [0.15, 0.2) is 0 Å². The van der Waals surface area contributed by atoms with E-state index < -0.39 is 17.9 Å². The highest BCUT2D eigenvalue weighted by molar-refractivity contribution is 7.12. The van der Waals surface area contributed by atoms with Crippen molar-refractivity contribution in [3.8, 4) is 5.75 Å². The predicted octanol–water partition coefficient (Wildman–Crippen LogP) is 3.40. The summed E-state index contributed by atoms with van der Waals surface area (Å²) in [4.78, 5) is 47.9. The lowest BCUT2D eigenvalue weighted by molar-refractivity contribution is -0.146. The van der Waals surface area contributed by atoms with Gasteiger partial charge in [0.1, 0.15) is 11.8 Å². The molecular formula is C29H37N5O6S. The van der Waals surface area contributed by atoms with Gasteiger partial charge in [-0.15, -0.1) is 11.3 Å². The number of amides is 2. The molecule has 11 nitrogen and oxygen atoms in total. The molecule has 2 heterocycles. The molecule has 0 fully saturated rings. The second-order valence-corrected chi connectivity index (χ2v) is 10.2. The minimum absolute atomic E-state index is 0.122. The fourth-order valence-corrected chi connectivity index (χ4v) is 4.66. The largest absolute Gasteiger partial charge is 0.508 e. The molecule has 1 atom stereocenters. The van der Waals surface area contributed by atoms with Crippen LogP contribution < -0.4 is 16.0 Å². The number of benzene rings is 1. The molecule has 0 bridgehead atoms. The van der Waals surface area contributed by atoms with E-state index in [4.69, 9.17) is 9.47 Å². The fraction of sp³-hybridized carbons (Fsp3) is 0.414. The molecular weight excluding hydrogens is 546 g/mol. The second kappa shape index (κ2) is 16.3. The first kappa shape index (κ1) is 31.5. The number of hydrogen-bond donors (Lipinski definition) is 4. The Morgan fingerprint density at radius 2 is 1.80 bits per heavy atom. The van der Waals surface area contributed by atoms with Crippen LogP contribution in [0.2, 0.25) is 0 Å². The van der Waals surface area contributed by atoms with Gasteiger partial charge in [0.05, 0.1) is 28.4 Å². The highest BCUT2D eigenvalue weighted by atomic mass is 32.1. The zero-order valence-electron chi connectivity index (χ0n) is 23.6. The minimum Gasteiger partial charge on any atom is -0.508 e. The van der Waals surface area contributed by atoms with Gasteiger partial charge in [-0.3, -0.25) is 9.59 Å².